The summed E-state index contributed by atoms with van der Waals surface area (Å²) in [5, 5.41) is 13.1. The van der Waals surface area contributed by atoms with Crippen molar-refractivity contribution in [2.24, 2.45) is 11.8 Å². The first-order chi connectivity index (χ1) is 10.2. The third-order valence-corrected chi connectivity index (χ3v) is 4.99. The second-order valence-corrected chi connectivity index (χ2v) is 6.27. The first-order valence-corrected chi connectivity index (χ1v) is 7.81. The van der Waals surface area contributed by atoms with Crippen molar-refractivity contribution in [2.75, 3.05) is 0 Å². The van der Waals surface area contributed by atoms with E-state index in [0.717, 1.165) is 0 Å². The van der Waals surface area contributed by atoms with Crippen molar-refractivity contribution in [3.8, 4) is 0 Å². The largest absolute Gasteiger partial charge is 0.392 e. The van der Waals surface area contributed by atoms with Gasteiger partial charge in [-0.2, -0.15) is 0 Å². The van der Waals surface area contributed by atoms with E-state index < -0.39 is 0 Å². The van der Waals surface area contributed by atoms with Gasteiger partial charge in [-0.05, 0) is 0 Å². The minimum Gasteiger partial charge on any atom is -0.392 e. The van der Waals surface area contributed by atoms with Crippen molar-refractivity contribution in [2.45, 2.75) is 32.0 Å². The third-order valence-electron chi connectivity index (χ3n) is 4.99. The Morgan fingerprint density at radius 2 is 1.10 bits per heavy atom. The molecule has 1 aliphatic heterocycles. The van der Waals surface area contributed by atoms with Gasteiger partial charge in [-0.15, -0.1) is 0 Å². The van der Waals surface area contributed by atoms with Gasteiger partial charge in [-0.3, -0.25) is 0 Å². The van der Waals surface area contributed by atoms with Gasteiger partial charge in [0.25, 0.3) is 0 Å². The first kappa shape index (κ1) is 14.3. The Morgan fingerprint density at radius 3 is 1.48 bits per heavy atom. The molecule has 1 aliphatic rings. The zero-order chi connectivity index (χ0) is 14.8. The molecular formula is C19H24NO+. The van der Waals surface area contributed by atoms with Gasteiger partial charge in [0.1, 0.15) is 12.1 Å². The van der Waals surface area contributed by atoms with E-state index in [1.165, 1.54) is 11.1 Å². The van der Waals surface area contributed by atoms with Crippen LogP contribution in [0.3, 0.4) is 0 Å². The fourth-order valence-corrected chi connectivity index (χ4v) is 3.66. The second-order valence-electron chi connectivity index (χ2n) is 6.27. The minimum atomic E-state index is -0.273. The van der Waals surface area contributed by atoms with Crippen molar-refractivity contribution in [1.82, 2.24) is 0 Å². The lowest BCUT2D eigenvalue weighted by atomic mass is 9.75. The molecule has 0 bridgehead atoms. The van der Waals surface area contributed by atoms with E-state index in [9.17, 15) is 5.11 Å². The van der Waals surface area contributed by atoms with E-state index >= 15 is 0 Å². The van der Waals surface area contributed by atoms with Crippen LogP contribution in [-0.2, 0) is 0 Å². The van der Waals surface area contributed by atoms with Crippen LogP contribution in [0.15, 0.2) is 60.7 Å². The van der Waals surface area contributed by atoms with Gasteiger partial charge in [-0.1, -0.05) is 74.5 Å². The van der Waals surface area contributed by atoms with Crippen LogP contribution in [0.1, 0.15) is 37.1 Å². The third kappa shape index (κ3) is 2.74. The lowest BCUT2D eigenvalue weighted by Gasteiger charge is -2.41. The minimum absolute atomic E-state index is 0.252. The molecule has 4 atom stereocenters. The number of quaternary nitrogens is 1. The maximum atomic E-state index is 10.7. The number of aliphatic hydroxyl groups is 1. The van der Waals surface area contributed by atoms with Gasteiger partial charge in [-0.25, -0.2) is 0 Å². The molecule has 2 nitrogen and oxygen atoms in total. The van der Waals surface area contributed by atoms with Crippen LogP contribution < -0.4 is 5.32 Å². The molecule has 21 heavy (non-hydrogen) atoms. The molecule has 110 valence electrons. The Labute approximate surface area is 126 Å². The van der Waals surface area contributed by atoms with E-state index in [1.54, 1.807) is 0 Å². The van der Waals surface area contributed by atoms with E-state index in [1.807, 2.05) is 12.1 Å². The van der Waals surface area contributed by atoms with Crippen LogP contribution in [0.25, 0.3) is 0 Å². The van der Waals surface area contributed by atoms with Crippen molar-refractivity contribution in [3.05, 3.63) is 71.8 Å². The highest BCUT2D eigenvalue weighted by molar-refractivity contribution is 5.22. The van der Waals surface area contributed by atoms with E-state index in [0.29, 0.717) is 12.1 Å². The summed E-state index contributed by atoms with van der Waals surface area (Å²) < 4.78 is 0. The molecule has 2 aromatic carbocycles. The Balaban J connectivity index is 1.93. The number of aliphatic hydroxyl groups excluding tert-OH is 1. The van der Waals surface area contributed by atoms with Crippen molar-refractivity contribution in [1.29, 1.82) is 0 Å². The highest BCUT2D eigenvalue weighted by Crippen LogP contribution is 2.35. The summed E-state index contributed by atoms with van der Waals surface area (Å²) in [6.07, 6.45) is -0.273. The molecule has 0 spiro atoms. The van der Waals surface area contributed by atoms with Gasteiger partial charge in [0.2, 0.25) is 0 Å². The standard InChI is InChI=1S/C19H23NO/c1-13-17(15-9-5-3-6-10-15)20-18(14(2)19(13)21)16-11-7-4-8-12-16/h3-14,17-21H,1-2H3/p+1. The maximum absolute atomic E-state index is 10.7. The Morgan fingerprint density at radius 1 is 0.714 bits per heavy atom. The highest BCUT2D eigenvalue weighted by atomic mass is 16.3. The van der Waals surface area contributed by atoms with Crippen LogP contribution in [0.2, 0.25) is 0 Å². The number of benzene rings is 2. The summed E-state index contributed by atoms with van der Waals surface area (Å²) in [5.74, 6) is 0.504. The van der Waals surface area contributed by atoms with E-state index in [-0.39, 0.29) is 17.9 Å². The zero-order valence-corrected chi connectivity index (χ0v) is 12.7. The second kappa shape index (κ2) is 6.00. The normalized spacial score (nSPS) is 32.8. The molecular weight excluding hydrogens is 258 g/mol. The van der Waals surface area contributed by atoms with Crippen LogP contribution in [0.5, 0.6) is 0 Å². The Kier molecular flexibility index (Phi) is 4.09. The predicted octanol–water partition coefficient (Wildman–Crippen LogP) is 2.68. The lowest BCUT2D eigenvalue weighted by Crippen LogP contribution is -2.92. The number of hydrogen-bond acceptors (Lipinski definition) is 1. The summed E-state index contributed by atoms with van der Waals surface area (Å²) in [5.41, 5.74) is 2.61. The topological polar surface area (TPSA) is 36.8 Å². The summed E-state index contributed by atoms with van der Waals surface area (Å²) in [6.45, 7) is 4.33. The summed E-state index contributed by atoms with van der Waals surface area (Å²) in [7, 11) is 0. The molecule has 3 rings (SSSR count). The quantitative estimate of drug-likeness (QED) is 0.873. The Hall–Kier alpha value is -1.64. The number of rotatable bonds is 2. The molecule has 0 aliphatic carbocycles. The predicted molar refractivity (Wildman–Crippen MR) is 84.6 cm³/mol. The monoisotopic (exact) mass is 282 g/mol. The summed E-state index contributed by atoms with van der Waals surface area (Å²) in [4.78, 5) is 0. The smallest absolute Gasteiger partial charge is 0.117 e. The average molecular weight is 282 g/mol. The van der Waals surface area contributed by atoms with Crippen LogP contribution in [0, 0.1) is 11.8 Å². The molecule has 2 heteroatoms. The molecule has 0 radical (unpaired) electrons. The van der Waals surface area contributed by atoms with Crippen LogP contribution in [-0.4, -0.2) is 11.2 Å². The van der Waals surface area contributed by atoms with Crippen molar-refractivity contribution in [3.63, 3.8) is 0 Å². The molecule has 1 heterocycles. The number of hydrogen-bond donors (Lipinski definition) is 2. The molecule has 0 aromatic heterocycles. The maximum Gasteiger partial charge on any atom is 0.117 e. The van der Waals surface area contributed by atoms with Crippen molar-refractivity contribution >= 4 is 0 Å². The van der Waals surface area contributed by atoms with Crippen LogP contribution in [0.4, 0.5) is 0 Å². The SMILES string of the molecule is CC1C(c2ccccc2)[NH2+]C(c2ccccc2)C(C)C1O. The van der Waals surface area contributed by atoms with Gasteiger partial charge in [0.05, 0.1) is 6.10 Å². The Bertz CT molecular complexity index is 517. The summed E-state index contributed by atoms with van der Waals surface area (Å²) >= 11 is 0. The molecule has 4 unspecified atom stereocenters. The van der Waals surface area contributed by atoms with Crippen LogP contribution >= 0.6 is 0 Å². The summed E-state index contributed by atoms with van der Waals surface area (Å²) in [6, 6.07) is 21.7. The molecule has 1 fully saturated rings. The average Bonchev–Trinajstić information content (AvgIpc) is 2.55. The lowest BCUT2D eigenvalue weighted by molar-refractivity contribution is -0.760. The zero-order valence-electron chi connectivity index (χ0n) is 12.7. The highest BCUT2D eigenvalue weighted by Gasteiger charge is 2.43. The molecule has 0 amide bonds. The van der Waals surface area contributed by atoms with Gasteiger partial charge >= 0.3 is 0 Å². The van der Waals surface area contributed by atoms with E-state index in [2.05, 4.69) is 67.7 Å². The molecule has 3 N–H and O–H groups in total. The van der Waals surface area contributed by atoms with Gasteiger partial charge in [0, 0.05) is 23.0 Å². The number of piperidine rings is 1. The molecule has 2 aromatic rings. The van der Waals surface area contributed by atoms with E-state index in [4.69, 9.17) is 0 Å². The fraction of sp³-hybridized carbons (Fsp3) is 0.368. The molecule has 0 saturated carbocycles. The number of nitrogens with two attached hydrogens (primary N) is 1. The fourth-order valence-electron chi connectivity index (χ4n) is 3.66. The van der Waals surface area contributed by atoms with Gasteiger partial charge in [0.15, 0.2) is 0 Å². The van der Waals surface area contributed by atoms with Gasteiger partial charge < -0.3 is 10.4 Å². The van der Waals surface area contributed by atoms with Crippen molar-refractivity contribution < 1.29 is 10.4 Å². The molecule has 1 saturated heterocycles. The first-order valence-electron chi connectivity index (χ1n) is 7.81.